The van der Waals surface area contributed by atoms with Gasteiger partial charge in [-0.3, -0.25) is 9.59 Å². The lowest BCUT2D eigenvalue weighted by Crippen LogP contribution is -2.53. The van der Waals surface area contributed by atoms with Crippen LogP contribution in [0.5, 0.6) is 11.5 Å². The molecule has 0 fully saturated rings. The first-order chi connectivity index (χ1) is 18.2. The average Bonchev–Trinajstić information content (AvgIpc) is 2.89. The van der Waals surface area contributed by atoms with E-state index in [1.54, 1.807) is 43.3 Å². The molecule has 8 heteroatoms. The van der Waals surface area contributed by atoms with E-state index in [-0.39, 0.29) is 12.3 Å². The molecule has 0 radical (unpaired) electrons. The van der Waals surface area contributed by atoms with Crippen molar-refractivity contribution in [3.8, 4) is 11.5 Å². The molecule has 0 aliphatic carbocycles. The van der Waals surface area contributed by atoms with Gasteiger partial charge >= 0.3 is 6.16 Å². The van der Waals surface area contributed by atoms with Crippen molar-refractivity contribution in [2.45, 2.75) is 52.1 Å². The normalized spacial score (nSPS) is 12.3. The van der Waals surface area contributed by atoms with Crippen LogP contribution in [0.3, 0.4) is 0 Å². The van der Waals surface area contributed by atoms with Crippen LogP contribution in [0.2, 0.25) is 0 Å². The Labute approximate surface area is 223 Å². The monoisotopic (exact) mass is 517 g/mol. The number of aryl methyl sites for hydroxylation is 3. The lowest BCUT2D eigenvalue weighted by Gasteiger charge is -2.30. The smallest absolute Gasteiger partial charge is 0.395 e. The van der Waals surface area contributed by atoms with Crippen molar-refractivity contribution in [1.29, 1.82) is 0 Å². The van der Waals surface area contributed by atoms with Gasteiger partial charge in [-0.05, 0) is 86.6 Å². The van der Waals surface area contributed by atoms with Gasteiger partial charge in [-0.1, -0.05) is 48.5 Å². The van der Waals surface area contributed by atoms with E-state index >= 15 is 0 Å². The largest absolute Gasteiger partial charge is 0.519 e. The zero-order valence-corrected chi connectivity index (χ0v) is 22.1. The number of para-hydroxylation sites is 1. The summed E-state index contributed by atoms with van der Waals surface area (Å²) >= 11 is 0. The van der Waals surface area contributed by atoms with E-state index in [1.807, 2.05) is 50.2 Å². The number of rotatable bonds is 11. The van der Waals surface area contributed by atoms with Gasteiger partial charge in [-0.25, -0.2) is 4.79 Å². The van der Waals surface area contributed by atoms with Gasteiger partial charge in [0, 0.05) is 6.54 Å². The van der Waals surface area contributed by atoms with Crippen LogP contribution in [-0.4, -0.2) is 41.5 Å². The average molecular weight is 518 g/mol. The number of hydrogen-bond acceptors (Lipinski definition) is 6. The Hall–Kier alpha value is -4.17. The summed E-state index contributed by atoms with van der Waals surface area (Å²) in [5, 5.41) is 0. The van der Waals surface area contributed by atoms with Crippen molar-refractivity contribution >= 4 is 18.0 Å². The zero-order chi connectivity index (χ0) is 27.7. The second-order valence-electron chi connectivity index (χ2n) is 9.31. The fourth-order valence-corrected chi connectivity index (χ4v) is 4.30. The molecule has 0 aliphatic rings. The first-order valence-corrected chi connectivity index (χ1v) is 12.6. The maximum Gasteiger partial charge on any atom is 0.519 e. The number of primary amides is 1. The summed E-state index contributed by atoms with van der Waals surface area (Å²) in [4.78, 5) is 38.9. The van der Waals surface area contributed by atoms with Crippen molar-refractivity contribution in [3.05, 3.63) is 95.1 Å². The molecule has 0 heterocycles. The molecule has 4 N–H and O–H groups in total. The Morgan fingerprint density at radius 3 is 2.00 bits per heavy atom. The summed E-state index contributed by atoms with van der Waals surface area (Å²) in [6, 6.07) is 20.3. The van der Waals surface area contributed by atoms with Crippen LogP contribution in [0, 0.1) is 13.8 Å². The Balaban J connectivity index is 1.66. The first kappa shape index (κ1) is 28.4. The van der Waals surface area contributed by atoms with Crippen LogP contribution in [0.15, 0.2) is 72.8 Å². The quantitative estimate of drug-likeness (QED) is 0.292. The summed E-state index contributed by atoms with van der Waals surface area (Å²) in [5.41, 5.74) is 15.5. The molecule has 3 aromatic rings. The standard InChI is InChI=1S/C30H35N3O5/c1-20-17-25(38-30(36)37-24-14-8-5-9-15-24)18-21(2)26(20)19-27(31)29(35)33(22(3)28(32)34)16-10-13-23-11-6-4-7-12-23/h4-9,11-12,14-15,17-18,22,27H,10,13,16,19,31H2,1-3H3,(H2,32,34)/t22-,27+/m1/s1. The Kier molecular flexibility index (Phi) is 10.0. The molecule has 0 saturated heterocycles. The predicted octanol–water partition coefficient (Wildman–Crippen LogP) is 4.09. The number of carbonyl (C=O) groups excluding carboxylic acids is 3. The van der Waals surface area contributed by atoms with Crippen LogP contribution in [0.4, 0.5) is 4.79 Å². The van der Waals surface area contributed by atoms with E-state index in [0.717, 1.165) is 28.7 Å². The van der Waals surface area contributed by atoms with Gasteiger partial charge in [0.25, 0.3) is 0 Å². The number of hydrogen-bond donors (Lipinski definition) is 2. The molecule has 0 bridgehead atoms. The lowest BCUT2D eigenvalue weighted by atomic mass is 9.95. The minimum Gasteiger partial charge on any atom is -0.395 e. The lowest BCUT2D eigenvalue weighted by molar-refractivity contribution is -0.139. The molecule has 0 unspecified atom stereocenters. The SMILES string of the molecule is Cc1cc(OC(=O)Oc2ccccc2)cc(C)c1C[C@H](N)C(=O)N(CCCc1ccccc1)[C@H](C)C(N)=O. The van der Waals surface area contributed by atoms with Gasteiger partial charge in [0.1, 0.15) is 17.5 Å². The van der Waals surface area contributed by atoms with Gasteiger partial charge in [-0.2, -0.15) is 0 Å². The molecular weight excluding hydrogens is 482 g/mol. The summed E-state index contributed by atoms with van der Waals surface area (Å²) in [5.74, 6) is -0.212. The first-order valence-electron chi connectivity index (χ1n) is 12.6. The summed E-state index contributed by atoms with van der Waals surface area (Å²) < 4.78 is 10.5. The summed E-state index contributed by atoms with van der Waals surface area (Å²) in [6.07, 6.45) is 0.841. The van der Waals surface area contributed by atoms with E-state index in [1.165, 1.54) is 4.90 Å². The van der Waals surface area contributed by atoms with Crippen LogP contribution in [0.1, 0.15) is 35.6 Å². The Morgan fingerprint density at radius 1 is 0.868 bits per heavy atom. The van der Waals surface area contributed by atoms with Crippen LogP contribution < -0.4 is 20.9 Å². The highest BCUT2D eigenvalue weighted by Gasteiger charge is 2.28. The second kappa shape index (κ2) is 13.4. The minimum absolute atomic E-state index is 0.256. The third kappa shape index (κ3) is 7.91. The zero-order valence-electron chi connectivity index (χ0n) is 22.1. The van der Waals surface area contributed by atoms with E-state index in [4.69, 9.17) is 20.9 Å². The molecule has 2 atom stereocenters. The molecule has 200 valence electrons. The van der Waals surface area contributed by atoms with Gasteiger partial charge in [-0.15, -0.1) is 0 Å². The summed E-state index contributed by atoms with van der Waals surface area (Å²) in [6.45, 7) is 5.70. The molecule has 38 heavy (non-hydrogen) atoms. The molecule has 3 aromatic carbocycles. The second-order valence-corrected chi connectivity index (χ2v) is 9.31. The molecule has 2 amide bonds. The highest BCUT2D eigenvalue weighted by Crippen LogP contribution is 2.24. The fraction of sp³-hybridized carbons (Fsp3) is 0.300. The van der Waals surface area contributed by atoms with E-state index < -0.39 is 24.1 Å². The van der Waals surface area contributed by atoms with Crippen LogP contribution >= 0.6 is 0 Å². The highest BCUT2D eigenvalue weighted by molar-refractivity contribution is 5.89. The molecular formula is C30H35N3O5. The summed E-state index contributed by atoms with van der Waals surface area (Å²) in [7, 11) is 0. The third-order valence-electron chi connectivity index (χ3n) is 6.43. The molecule has 0 spiro atoms. The van der Waals surface area contributed by atoms with Crippen molar-refractivity contribution in [1.82, 2.24) is 4.90 Å². The maximum atomic E-state index is 13.4. The third-order valence-corrected chi connectivity index (χ3v) is 6.43. The van der Waals surface area contributed by atoms with E-state index in [0.29, 0.717) is 24.5 Å². The number of carbonyl (C=O) groups is 3. The van der Waals surface area contributed by atoms with E-state index in [2.05, 4.69) is 0 Å². The van der Waals surface area contributed by atoms with Gasteiger partial charge in [0.15, 0.2) is 0 Å². The number of nitrogens with zero attached hydrogens (tertiary/aromatic N) is 1. The topological polar surface area (TPSA) is 125 Å². The predicted molar refractivity (Wildman–Crippen MR) is 146 cm³/mol. The van der Waals surface area contributed by atoms with Crippen LogP contribution in [-0.2, 0) is 22.4 Å². The number of amides is 2. The Morgan fingerprint density at radius 2 is 1.42 bits per heavy atom. The fourth-order valence-electron chi connectivity index (χ4n) is 4.30. The molecule has 8 nitrogen and oxygen atoms in total. The van der Waals surface area contributed by atoms with Gasteiger partial charge < -0.3 is 25.8 Å². The Bertz CT molecular complexity index is 1220. The molecule has 3 rings (SSSR count). The van der Waals surface area contributed by atoms with E-state index in [9.17, 15) is 14.4 Å². The van der Waals surface area contributed by atoms with Crippen molar-refractivity contribution in [2.75, 3.05) is 6.54 Å². The van der Waals surface area contributed by atoms with Crippen molar-refractivity contribution < 1.29 is 23.9 Å². The minimum atomic E-state index is -0.874. The molecule has 0 aliphatic heterocycles. The van der Waals surface area contributed by atoms with Gasteiger partial charge in [0.2, 0.25) is 11.8 Å². The number of benzene rings is 3. The van der Waals surface area contributed by atoms with Gasteiger partial charge in [0.05, 0.1) is 6.04 Å². The number of ether oxygens (including phenoxy) is 2. The van der Waals surface area contributed by atoms with Crippen LogP contribution in [0.25, 0.3) is 0 Å². The number of nitrogens with two attached hydrogens (primary N) is 2. The van der Waals surface area contributed by atoms with Crippen molar-refractivity contribution in [3.63, 3.8) is 0 Å². The maximum absolute atomic E-state index is 13.4. The molecule has 0 aromatic heterocycles. The molecule has 0 saturated carbocycles. The highest BCUT2D eigenvalue weighted by atomic mass is 16.7. The van der Waals surface area contributed by atoms with Crippen molar-refractivity contribution in [2.24, 2.45) is 11.5 Å².